The lowest BCUT2D eigenvalue weighted by molar-refractivity contribution is -0.139. The molecular weight excluding hydrogens is 204 g/mol. The fourth-order valence-corrected chi connectivity index (χ4v) is 2.93. The molecule has 0 spiro atoms. The molecule has 2 unspecified atom stereocenters. The summed E-state index contributed by atoms with van der Waals surface area (Å²) in [4.78, 5) is 14.3. The van der Waals surface area contributed by atoms with Crippen LogP contribution in [0.4, 0.5) is 0 Å². The third-order valence-electron chi connectivity index (χ3n) is 3.72. The Morgan fingerprint density at radius 2 is 2.12 bits per heavy atom. The van der Waals surface area contributed by atoms with Crippen LogP contribution in [0, 0.1) is 0 Å². The maximum Gasteiger partial charge on any atom is 0.240 e. The summed E-state index contributed by atoms with van der Waals surface area (Å²) in [6.07, 6.45) is 5.35. The molecule has 2 atom stereocenters. The van der Waals surface area contributed by atoms with E-state index < -0.39 is 0 Å². The number of aliphatic hydroxyl groups is 1. The van der Waals surface area contributed by atoms with Gasteiger partial charge in [0.1, 0.15) is 0 Å². The first kappa shape index (κ1) is 11.9. The summed E-state index contributed by atoms with van der Waals surface area (Å²) in [5.74, 6) is 0.194. The molecule has 92 valence electrons. The molecule has 0 aromatic rings. The van der Waals surface area contributed by atoms with E-state index >= 15 is 0 Å². The first-order chi connectivity index (χ1) is 7.72. The molecule has 1 saturated carbocycles. The summed E-state index contributed by atoms with van der Waals surface area (Å²) in [5, 5.41) is 12.2. The Bertz CT molecular complexity index is 251. The topological polar surface area (TPSA) is 52.6 Å². The molecule has 0 aromatic carbocycles. The Hall–Kier alpha value is -0.610. The van der Waals surface area contributed by atoms with E-state index in [1.54, 1.807) is 0 Å². The number of piperazine rings is 1. The highest BCUT2D eigenvalue weighted by Gasteiger charge is 2.36. The van der Waals surface area contributed by atoms with Crippen LogP contribution < -0.4 is 5.32 Å². The van der Waals surface area contributed by atoms with Gasteiger partial charge in [0.15, 0.2) is 0 Å². The number of hydrogen-bond acceptors (Lipinski definition) is 3. The van der Waals surface area contributed by atoms with Gasteiger partial charge in [0.25, 0.3) is 0 Å². The van der Waals surface area contributed by atoms with E-state index in [9.17, 15) is 4.79 Å². The van der Waals surface area contributed by atoms with Crippen LogP contribution in [-0.4, -0.2) is 47.2 Å². The highest BCUT2D eigenvalue weighted by atomic mass is 16.3. The maximum atomic E-state index is 12.2. The van der Waals surface area contributed by atoms with E-state index in [0.29, 0.717) is 18.5 Å². The van der Waals surface area contributed by atoms with Gasteiger partial charge in [-0.25, -0.2) is 0 Å². The molecule has 0 radical (unpaired) electrons. The van der Waals surface area contributed by atoms with Gasteiger partial charge in [-0.05, 0) is 26.2 Å². The average Bonchev–Trinajstić information content (AvgIpc) is 2.76. The number of nitrogens with zero attached hydrogens (tertiary/aromatic N) is 1. The minimum atomic E-state index is -0.172. The van der Waals surface area contributed by atoms with Crippen LogP contribution in [0.1, 0.15) is 39.0 Å². The molecule has 1 aliphatic carbocycles. The standard InChI is InChI=1S/C12H22N2O2/c1-9-8-14(10-4-2-3-5-10)12(16)11(13-9)6-7-15/h9-11,13,15H,2-8H2,1H3. The molecule has 1 heterocycles. The van der Waals surface area contributed by atoms with Gasteiger partial charge < -0.3 is 15.3 Å². The fourth-order valence-electron chi connectivity index (χ4n) is 2.93. The molecule has 16 heavy (non-hydrogen) atoms. The lowest BCUT2D eigenvalue weighted by Gasteiger charge is -2.40. The van der Waals surface area contributed by atoms with Crippen molar-refractivity contribution in [3.05, 3.63) is 0 Å². The molecule has 2 fully saturated rings. The Balaban J connectivity index is 2.02. The summed E-state index contributed by atoms with van der Waals surface area (Å²) in [5.41, 5.74) is 0. The quantitative estimate of drug-likeness (QED) is 0.737. The smallest absolute Gasteiger partial charge is 0.240 e. The number of aliphatic hydroxyl groups excluding tert-OH is 1. The first-order valence-electron chi connectivity index (χ1n) is 6.39. The van der Waals surface area contributed by atoms with Crippen molar-refractivity contribution in [2.75, 3.05) is 13.2 Å². The molecule has 0 aromatic heterocycles. The molecule has 2 aliphatic rings. The summed E-state index contributed by atoms with van der Waals surface area (Å²) in [7, 11) is 0. The Kier molecular flexibility index (Phi) is 3.82. The zero-order valence-corrected chi connectivity index (χ0v) is 9.98. The van der Waals surface area contributed by atoms with Crippen molar-refractivity contribution in [1.29, 1.82) is 0 Å². The zero-order chi connectivity index (χ0) is 11.5. The number of nitrogens with one attached hydrogen (secondary N) is 1. The molecule has 2 rings (SSSR count). The van der Waals surface area contributed by atoms with E-state index in [1.165, 1.54) is 12.8 Å². The van der Waals surface area contributed by atoms with Crippen LogP contribution in [0.25, 0.3) is 0 Å². The van der Waals surface area contributed by atoms with Crippen LogP contribution in [-0.2, 0) is 4.79 Å². The van der Waals surface area contributed by atoms with Gasteiger partial charge in [0.05, 0.1) is 6.04 Å². The number of carbonyl (C=O) groups excluding carboxylic acids is 1. The minimum absolute atomic E-state index is 0.0780. The van der Waals surface area contributed by atoms with Crippen LogP contribution in [0.3, 0.4) is 0 Å². The van der Waals surface area contributed by atoms with E-state index in [4.69, 9.17) is 5.11 Å². The largest absolute Gasteiger partial charge is 0.396 e. The van der Waals surface area contributed by atoms with E-state index in [2.05, 4.69) is 17.1 Å². The predicted molar refractivity (Wildman–Crippen MR) is 62.1 cm³/mol. The second-order valence-electron chi connectivity index (χ2n) is 5.06. The van der Waals surface area contributed by atoms with Crippen molar-refractivity contribution in [2.45, 2.75) is 57.2 Å². The van der Waals surface area contributed by atoms with Crippen LogP contribution in [0.2, 0.25) is 0 Å². The van der Waals surface area contributed by atoms with E-state index in [1.807, 2.05) is 0 Å². The van der Waals surface area contributed by atoms with E-state index in [-0.39, 0.29) is 18.6 Å². The maximum absolute atomic E-state index is 12.2. The zero-order valence-electron chi connectivity index (χ0n) is 9.98. The second kappa shape index (κ2) is 5.15. The first-order valence-corrected chi connectivity index (χ1v) is 6.39. The highest BCUT2D eigenvalue weighted by Crippen LogP contribution is 2.26. The third-order valence-corrected chi connectivity index (χ3v) is 3.72. The summed E-state index contributed by atoms with van der Waals surface area (Å²) in [6.45, 7) is 3.01. The summed E-state index contributed by atoms with van der Waals surface area (Å²) >= 11 is 0. The van der Waals surface area contributed by atoms with Gasteiger partial charge in [-0.15, -0.1) is 0 Å². The monoisotopic (exact) mass is 226 g/mol. The predicted octanol–water partition coefficient (Wildman–Crippen LogP) is 0.500. The third kappa shape index (κ3) is 2.38. The summed E-state index contributed by atoms with van der Waals surface area (Å²) < 4.78 is 0. The Labute approximate surface area is 97.0 Å². The number of rotatable bonds is 3. The Morgan fingerprint density at radius 1 is 1.44 bits per heavy atom. The molecule has 4 nitrogen and oxygen atoms in total. The molecular formula is C12H22N2O2. The molecule has 1 aliphatic heterocycles. The van der Waals surface area contributed by atoms with Gasteiger partial charge in [-0.2, -0.15) is 0 Å². The van der Waals surface area contributed by atoms with E-state index in [0.717, 1.165) is 19.4 Å². The van der Waals surface area contributed by atoms with Gasteiger partial charge in [-0.3, -0.25) is 4.79 Å². The van der Waals surface area contributed by atoms with Crippen molar-refractivity contribution in [3.8, 4) is 0 Å². The number of amides is 1. The van der Waals surface area contributed by atoms with Crippen molar-refractivity contribution >= 4 is 5.91 Å². The van der Waals surface area contributed by atoms with Crippen LogP contribution >= 0.6 is 0 Å². The van der Waals surface area contributed by atoms with Crippen molar-refractivity contribution in [3.63, 3.8) is 0 Å². The van der Waals surface area contributed by atoms with Gasteiger partial charge in [-0.1, -0.05) is 12.8 Å². The normalized spacial score (nSPS) is 32.4. The second-order valence-corrected chi connectivity index (χ2v) is 5.06. The van der Waals surface area contributed by atoms with Gasteiger partial charge in [0, 0.05) is 25.2 Å². The lowest BCUT2D eigenvalue weighted by Crippen LogP contribution is -2.61. The van der Waals surface area contributed by atoms with Crippen molar-refractivity contribution < 1.29 is 9.90 Å². The SMILES string of the molecule is CC1CN(C2CCCC2)C(=O)C(CCO)N1. The Morgan fingerprint density at radius 3 is 2.75 bits per heavy atom. The summed E-state index contributed by atoms with van der Waals surface area (Å²) in [6, 6.07) is 0.627. The van der Waals surface area contributed by atoms with Crippen molar-refractivity contribution in [2.24, 2.45) is 0 Å². The van der Waals surface area contributed by atoms with Gasteiger partial charge in [0.2, 0.25) is 5.91 Å². The fraction of sp³-hybridized carbons (Fsp3) is 0.917. The number of carbonyl (C=O) groups is 1. The van der Waals surface area contributed by atoms with Crippen LogP contribution in [0.15, 0.2) is 0 Å². The lowest BCUT2D eigenvalue weighted by atomic mass is 10.0. The van der Waals surface area contributed by atoms with Crippen molar-refractivity contribution in [1.82, 2.24) is 10.2 Å². The molecule has 1 amide bonds. The number of hydrogen-bond donors (Lipinski definition) is 2. The molecule has 0 bridgehead atoms. The highest BCUT2D eigenvalue weighted by molar-refractivity contribution is 5.83. The van der Waals surface area contributed by atoms with Gasteiger partial charge >= 0.3 is 0 Å². The van der Waals surface area contributed by atoms with Crippen LogP contribution in [0.5, 0.6) is 0 Å². The molecule has 2 N–H and O–H groups in total. The molecule has 4 heteroatoms. The molecule has 1 saturated heterocycles. The average molecular weight is 226 g/mol. The minimum Gasteiger partial charge on any atom is -0.396 e.